The van der Waals surface area contributed by atoms with E-state index in [1.165, 1.54) is 11.8 Å². The summed E-state index contributed by atoms with van der Waals surface area (Å²) in [5.74, 6) is 0.933. The number of rotatable bonds is 9. The highest BCUT2D eigenvalue weighted by atomic mass is 127. The fraction of sp³-hybridized carbons (Fsp3) is 0.632. The molecular weight excluding hydrogens is 527 g/mol. The molecule has 0 atom stereocenters. The van der Waals surface area contributed by atoms with E-state index in [-0.39, 0.29) is 36.3 Å². The molecule has 1 aromatic carbocycles. The molecule has 166 valence electrons. The lowest BCUT2D eigenvalue weighted by atomic mass is 10.2. The van der Waals surface area contributed by atoms with Gasteiger partial charge in [-0.3, -0.25) is 9.89 Å². The quantitative estimate of drug-likeness (QED) is 0.217. The highest BCUT2D eigenvalue weighted by molar-refractivity contribution is 14.0. The number of nitrogens with zero attached hydrogens (tertiary/aromatic N) is 3. The van der Waals surface area contributed by atoms with Gasteiger partial charge in [0.05, 0.1) is 25.5 Å². The van der Waals surface area contributed by atoms with Crippen LogP contribution in [-0.4, -0.2) is 88.7 Å². The molecule has 1 aromatic rings. The number of ether oxygens (including phenoxy) is 1. The van der Waals surface area contributed by atoms with Crippen LogP contribution in [0.5, 0.6) is 0 Å². The first-order chi connectivity index (χ1) is 13.4. The van der Waals surface area contributed by atoms with Crippen LogP contribution in [0.4, 0.5) is 0 Å². The Bertz CT molecular complexity index is 741. The summed E-state index contributed by atoms with van der Waals surface area (Å²) in [5.41, 5.74) is 1.23. The Morgan fingerprint density at radius 3 is 2.59 bits per heavy atom. The molecule has 1 aliphatic rings. The van der Waals surface area contributed by atoms with Crippen LogP contribution in [-0.2, 0) is 21.1 Å². The van der Waals surface area contributed by atoms with Crippen molar-refractivity contribution in [3.05, 3.63) is 34.9 Å². The van der Waals surface area contributed by atoms with Crippen molar-refractivity contribution in [1.82, 2.24) is 15.1 Å². The van der Waals surface area contributed by atoms with E-state index in [0.717, 1.165) is 50.3 Å². The summed E-state index contributed by atoms with van der Waals surface area (Å²) < 4.78 is 27.5. The van der Waals surface area contributed by atoms with E-state index in [0.29, 0.717) is 13.2 Å². The lowest BCUT2D eigenvalue weighted by Crippen LogP contribution is -2.52. The average Bonchev–Trinajstić information content (AvgIpc) is 2.63. The Balaban J connectivity index is 0.00000420. The van der Waals surface area contributed by atoms with Crippen molar-refractivity contribution in [2.75, 3.05) is 64.5 Å². The zero-order chi connectivity index (χ0) is 20.4. The monoisotopic (exact) mass is 558 g/mol. The van der Waals surface area contributed by atoms with Crippen LogP contribution < -0.4 is 5.32 Å². The zero-order valence-electron chi connectivity index (χ0n) is 17.1. The van der Waals surface area contributed by atoms with Crippen molar-refractivity contribution in [2.45, 2.75) is 13.5 Å². The van der Waals surface area contributed by atoms with Gasteiger partial charge in [-0.1, -0.05) is 23.7 Å². The molecule has 0 amide bonds. The smallest absolute Gasteiger partial charge is 0.194 e. The van der Waals surface area contributed by atoms with E-state index < -0.39 is 9.84 Å². The highest BCUT2D eigenvalue weighted by Gasteiger charge is 2.19. The minimum absolute atomic E-state index is 0. The number of sulfone groups is 1. The van der Waals surface area contributed by atoms with Crippen LogP contribution in [0.15, 0.2) is 29.3 Å². The molecule has 2 rings (SSSR count). The minimum Gasteiger partial charge on any atom is -0.378 e. The van der Waals surface area contributed by atoms with E-state index in [1.807, 2.05) is 25.1 Å². The summed E-state index contributed by atoms with van der Waals surface area (Å²) in [4.78, 5) is 9.29. The highest BCUT2D eigenvalue weighted by Crippen LogP contribution is 2.14. The number of benzene rings is 1. The Morgan fingerprint density at radius 1 is 1.24 bits per heavy atom. The van der Waals surface area contributed by atoms with Gasteiger partial charge in [0.15, 0.2) is 5.96 Å². The first-order valence-electron chi connectivity index (χ1n) is 9.63. The molecule has 7 nitrogen and oxygen atoms in total. The minimum atomic E-state index is -2.98. The molecule has 0 aliphatic carbocycles. The molecule has 0 unspecified atom stereocenters. The second-order valence-electron chi connectivity index (χ2n) is 6.87. The van der Waals surface area contributed by atoms with Gasteiger partial charge >= 0.3 is 0 Å². The second kappa shape index (κ2) is 13.6. The number of nitrogens with one attached hydrogen (secondary N) is 1. The third-order valence-corrected chi connectivity index (χ3v) is 5.54. The van der Waals surface area contributed by atoms with Crippen molar-refractivity contribution in [3.8, 4) is 0 Å². The first kappa shape index (κ1) is 26.4. The lowest BCUT2D eigenvalue weighted by molar-refractivity contribution is 0.155. The third kappa shape index (κ3) is 10.8. The lowest BCUT2D eigenvalue weighted by Gasteiger charge is -2.36. The van der Waals surface area contributed by atoms with Gasteiger partial charge in [0.2, 0.25) is 0 Å². The van der Waals surface area contributed by atoms with Crippen molar-refractivity contribution in [2.24, 2.45) is 4.99 Å². The molecule has 10 heteroatoms. The second-order valence-corrected chi connectivity index (χ2v) is 9.57. The summed E-state index contributed by atoms with van der Waals surface area (Å²) in [5, 5.41) is 4.10. The topological polar surface area (TPSA) is 74.2 Å². The van der Waals surface area contributed by atoms with Crippen LogP contribution >= 0.6 is 35.6 Å². The molecule has 0 radical (unpaired) electrons. The zero-order valence-corrected chi connectivity index (χ0v) is 21.0. The van der Waals surface area contributed by atoms with Crippen LogP contribution in [0.25, 0.3) is 0 Å². The van der Waals surface area contributed by atoms with Gasteiger partial charge in [-0.2, -0.15) is 0 Å². The van der Waals surface area contributed by atoms with Crippen LogP contribution in [0, 0.1) is 0 Å². The number of aliphatic imine (C=N–C) groups is 1. The maximum Gasteiger partial charge on any atom is 0.194 e. The van der Waals surface area contributed by atoms with Crippen LogP contribution in [0.3, 0.4) is 0 Å². The summed E-state index contributed by atoms with van der Waals surface area (Å²) in [6.07, 6.45) is 1.21. The number of halogens is 2. The molecule has 1 heterocycles. The van der Waals surface area contributed by atoms with Gasteiger partial charge in [0.1, 0.15) is 9.84 Å². The summed E-state index contributed by atoms with van der Waals surface area (Å²) in [7, 11) is -2.98. The molecule has 0 bridgehead atoms. The van der Waals surface area contributed by atoms with E-state index in [1.54, 1.807) is 0 Å². The number of piperazine rings is 1. The van der Waals surface area contributed by atoms with Crippen molar-refractivity contribution < 1.29 is 13.2 Å². The van der Waals surface area contributed by atoms with E-state index in [4.69, 9.17) is 16.3 Å². The molecule has 0 aromatic heterocycles. The molecule has 1 aliphatic heterocycles. The Kier molecular flexibility index (Phi) is 12.4. The SMILES string of the molecule is CCNC(=NCCOCCS(C)(=O)=O)N1CCN(Cc2cccc(Cl)c2)CC1.I. The molecule has 0 spiro atoms. The van der Waals surface area contributed by atoms with Gasteiger partial charge < -0.3 is 15.0 Å². The van der Waals surface area contributed by atoms with Gasteiger partial charge in [-0.05, 0) is 24.6 Å². The van der Waals surface area contributed by atoms with Crippen LogP contribution in [0.1, 0.15) is 12.5 Å². The molecular formula is C19H32ClIN4O3S. The summed E-state index contributed by atoms with van der Waals surface area (Å²) >= 11 is 6.07. The normalized spacial score (nSPS) is 15.8. The molecule has 0 saturated carbocycles. The third-order valence-electron chi connectivity index (χ3n) is 4.40. The maximum absolute atomic E-state index is 11.1. The van der Waals surface area contributed by atoms with Gasteiger partial charge in [0.25, 0.3) is 0 Å². The van der Waals surface area contributed by atoms with Crippen LogP contribution in [0.2, 0.25) is 5.02 Å². The Hall–Kier alpha value is -0.620. The van der Waals surface area contributed by atoms with E-state index in [2.05, 4.69) is 26.2 Å². The largest absolute Gasteiger partial charge is 0.378 e. The number of hydrogen-bond donors (Lipinski definition) is 1. The summed E-state index contributed by atoms with van der Waals surface area (Å²) in [6, 6.07) is 8.01. The molecule has 1 saturated heterocycles. The Morgan fingerprint density at radius 2 is 1.97 bits per heavy atom. The van der Waals surface area contributed by atoms with Crippen molar-refractivity contribution >= 4 is 51.4 Å². The van der Waals surface area contributed by atoms with Gasteiger partial charge in [-0.15, -0.1) is 24.0 Å². The van der Waals surface area contributed by atoms with Gasteiger partial charge in [-0.25, -0.2) is 8.42 Å². The maximum atomic E-state index is 11.1. The van der Waals surface area contributed by atoms with E-state index in [9.17, 15) is 8.42 Å². The molecule has 29 heavy (non-hydrogen) atoms. The Labute approximate surface area is 196 Å². The average molecular weight is 559 g/mol. The first-order valence-corrected chi connectivity index (χ1v) is 12.1. The van der Waals surface area contributed by atoms with E-state index >= 15 is 0 Å². The van der Waals surface area contributed by atoms with Crippen molar-refractivity contribution in [1.29, 1.82) is 0 Å². The summed E-state index contributed by atoms with van der Waals surface area (Å²) in [6.45, 7) is 8.62. The van der Waals surface area contributed by atoms with Gasteiger partial charge in [0, 0.05) is 50.5 Å². The van der Waals surface area contributed by atoms with Crippen molar-refractivity contribution in [3.63, 3.8) is 0 Å². The fourth-order valence-corrected chi connectivity index (χ4v) is 3.60. The standard InChI is InChI=1S/C19H31ClN4O3S.HI/c1-3-21-19(22-7-12-27-13-14-28(2,25)26)24-10-8-23(9-11-24)16-17-5-4-6-18(20)15-17;/h4-6,15H,3,7-14,16H2,1-2H3,(H,21,22);1H. The molecule has 1 fully saturated rings. The number of guanidine groups is 1. The molecule has 1 N–H and O–H groups in total. The fourth-order valence-electron chi connectivity index (χ4n) is 2.97. The number of hydrogen-bond acceptors (Lipinski definition) is 5. The predicted molar refractivity (Wildman–Crippen MR) is 130 cm³/mol. The predicted octanol–water partition coefficient (Wildman–Crippen LogP) is 2.10.